The summed E-state index contributed by atoms with van der Waals surface area (Å²) in [5, 5.41) is 8.53. The van der Waals surface area contributed by atoms with Crippen molar-refractivity contribution < 1.29 is 45.4 Å². The van der Waals surface area contributed by atoms with E-state index in [4.69, 9.17) is 16.7 Å². The topological polar surface area (TPSA) is 46.5 Å². The highest BCUT2D eigenvalue weighted by Gasteiger charge is 2.73. The number of esters is 1. The van der Waals surface area contributed by atoms with Crippen molar-refractivity contribution in [3.05, 3.63) is 28.8 Å². The second kappa shape index (κ2) is 5.82. The summed E-state index contributed by atoms with van der Waals surface area (Å²) in [6.45, 7) is -2.50. The van der Waals surface area contributed by atoms with Gasteiger partial charge in [0.15, 0.2) is 6.61 Å². The summed E-state index contributed by atoms with van der Waals surface area (Å²) in [7, 11) is 0. The molecule has 0 saturated carbocycles. The molecule has 0 saturated heterocycles. The van der Waals surface area contributed by atoms with Crippen molar-refractivity contribution in [3.8, 4) is 5.75 Å². The molecule has 0 bridgehead atoms. The van der Waals surface area contributed by atoms with Crippen LogP contribution in [0, 0.1) is 0 Å². The number of carbonyl (C=O) groups excluding carboxylic acids is 1. The van der Waals surface area contributed by atoms with E-state index in [9.17, 15) is 35.5 Å². The number of halogens is 8. The molecule has 1 N–H and O–H groups in total. The quantitative estimate of drug-likeness (QED) is 0.656. The first-order chi connectivity index (χ1) is 9.79. The maximum absolute atomic E-state index is 12.9. The van der Waals surface area contributed by atoms with Gasteiger partial charge in [0.2, 0.25) is 0 Å². The predicted octanol–water partition coefficient (Wildman–Crippen LogP) is 4.04. The van der Waals surface area contributed by atoms with Crippen LogP contribution < -0.4 is 0 Å². The number of ether oxygens (including phenoxy) is 1. The smallest absolute Gasteiger partial charge is 0.460 e. The van der Waals surface area contributed by atoms with Crippen LogP contribution in [-0.4, -0.2) is 35.7 Å². The summed E-state index contributed by atoms with van der Waals surface area (Å²) < 4.78 is 90.3. The molecule has 22 heavy (non-hydrogen) atoms. The van der Waals surface area contributed by atoms with E-state index in [1.165, 1.54) is 0 Å². The van der Waals surface area contributed by atoms with Crippen LogP contribution in [0.15, 0.2) is 18.2 Å². The average molecular weight is 355 g/mol. The van der Waals surface area contributed by atoms with E-state index in [-0.39, 0.29) is 0 Å². The minimum Gasteiger partial charge on any atom is -0.508 e. The molecule has 0 spiro atoms. The van der Waals surface area contributed by atoms with Crippen LogP contribution in [0.4, 0.5) is 30.7 Å². The Bertz CT molecular complexity index is 571. The van der Waals surface area contributed by atoms with Crippen molar-refractivity contribution in [2.75, 3.05) is 6.61 Å². The van der Waals surface area contributed by atoms with Gasteiger partial charge in [0.05, 0.1) is 10.6 Å². The molecular weight excluding hydrogens is 349 g/mol. The Labute approximate surface area is 123 Å². The number of phenolic OH excluding ortho intramolecular Hbond substituents is 1. The van der Waals surface area contributed by atoms with Crippen molar-refractivity contribution in [1.82, 2.24) is 0 Å². The summed E-state index contributed by atoms with van der Waals surface area (Å²) in [5.41, 5.74) is -0.592. The van der Waals surface area contributed by atoms with E-state index in [0.717, 1.165) is 18.2 Å². The maximum atomic E-state index is 12.9. The predicted molar refractivity (Wildman–Crippen MR) is 59.3 cm³/mol. The molecule has 0 heterocycles. The van der Waals surface area contributed by atoms with Crippen LogP contribution in [0.1, 0.15) is 10.4 Å². The molecular formula is C11H6ClF7O3. The highest BCUT2D eigenvalue weighted by Crippen LogP contribution is 2.46. The van der Waals surface area contributed by atoms with Gasteiger partial charge in [-0.1, -0.05) is 11.6 Å². The molecule has 0 atom stereocenters. The van der Waals surface area contributed by atoms with E-state index in [2.05, 4.69) is 4.74 Å². The average Bonchev–Trinajstić information content (AvgIpc) is 2.34. The summed E-state index contributed by atoms with van der Waals surface area (Å²) in [4.78, 5) is 11.4. The monoisotopic (exact) mass is 354 g/mol. The molecule has 0 unspecified atom stereocenters. The van der Waals surface area contributed by atoms with Gasteiger partial charge in [0.1, 0.15) is 5.75 Å². The molecule has 0 fully saturated rings. The van der Waals surface area contributed by atoms with Crippen molar-refractivity contribution in [2.45, 2.75) is 18.0 Å². The Balaban J connectivity index is 2.87. The fourth-order valence-corrected chi connectivity index (χ4v) is 1.45. The van der Waals surface area contributed by atoms with Gasteiger partial charge < -0.3 is 9.84 Å². The molecule has 1 rings (SSSR count). The Morgan fingerprint density at radius 3 is 2.14 bits per heavy atom. The summed E-state index contributed by atoms with van der Waals surface area (Å²) in [6, 6.07) is 2.55. The number of hydrogen-bond donors (Lipinski definition) is 1. The van der Waals surface area contributed by atoms with E-state index in [0.29, 0.717) is 0 Å². The molecule has 0 aliphatic rings. The zero-order valence-corrected chi connectivity index (χ0v) is 11.0. The number of alkyl halides is 7. The molecule has 0 amide bonds. The normalized spacial score (nSPS) is 13.1. The first kappa shape index (κ1) is 18.3. The van der Waals surface area contributed by atoms with Crippen LogP contribution in [0.3, 0.4) is 0 Å². The number of carbonyl (C=O) groups is 1. The second-order valence-corrected chi connectivity index (χ2v) is 4.42. The molecule has 3 nitrogen and oxygen atoms in total. The highest BCUT2D eigenvalue weighted by atomic mass is 35.5. The third-order valence-electron chi connectivity index (χ3n) is 2.37. The number of hydrogen-bond acceptors (Lipinski definition) is 3. The van der Waals surface area contributed by atoms with Crippen LogP contribution in [0.2, 0.25) is 5.02 Å². The van der Waals surface area contributed by atoms with E-state index >= 15 is 0 Å². The molecule has 0 aromatic heterocycles. The molecule has 0 radical (unpaired) electrons. The van der Waals surface area contributed by atoms with Gasteiger partial charge in [0.25, 0.3) is 0 Å². The molecule has 0 aliphatic heterocycles. The minimum atomic E-state index is -6.51. The Morgan fingerprint density at radius 2 is 1.68 bits per heavy atom. The van der Waals surface area contributed by atoms with Crippen LogP contribution >= 0.6 is 11.6 Å². The van der Waals surface area contributed by atoms with Gasteiger partial charge in [-0.2, -0.15) is 30.7 Å². The lowest BCUT2D eigenvalue weighted by Gasteiger charge is -2.27. The van der Waals surface area contributed by atoms with Gasteiger partial charge in [-0.25, -0.2) is 4.79 Å². The highest BCUT2D eigenvalue weighted by molar-refractivity contribution is 6.33. The lowest BCUT2D eigenvalue weighted by Crippen LogP contribution is -2.54. The van der Waals surface area contributed by atoms with Crippen molar-refractivity contribution >= 4 is 17.6 Å². The van der Waals surface area contributed by atoms with Gasteiger partial charge in [-0.3, -0.25) is 0 Å². The third kappa shape index (κ3) is 3.54. The lowest BCUT2D eigenvalue weighted by molar-refractivity contribution is -0.359. The van der Waals surface area contributed by atoms with Crippen molar-refractivity contribution in [2.24, 2.45) is 0 Å². The SMILES string of the molecule is O=C(OCC(F)(F)C(F)(F)C(F)(F)F)c1ccc(O)cc1Cl. The fraction of sp³-hybridized carbons (Fsp3) is 0.364. The maximum Gasteiger partial charge on any atom is 0.460 e. The summed E-state index contributed by atoms with van der Waals surface area (Å²) in [5.74, 6) is -14.1. The zero-order valence-electron chi connectivity index (χ0n) is 10.2. The Hall–Kier alpha value is -1.71. The summed E-state index contributed by atoms with van der Waals surface area (Å²) in [6.07, 6.45) is -6.51. The van der Waals surface area contributed by atoms with Gasteiger partial charge >= 0.3 is 24.0 Å². The fourth-order valence-electron chi connectivity index (χ4n) is 1.20. The number of rotatable bonds is 4. The number of aromatic hydroxyl groups is 1. The van der Waals surface area contributed by atoms with E-state index in [1.54, 1.807) is 0 Å². The van der Waals surface area contributed by atoms with Crippen molar-refractivity contribution in [3.63, 3.8) is 0 Å². The first-order valence-corrected chi connectivity index (χ1v) is 5.65. The Kier molecular flexibility index (Phi) is 4.85. The molecule has 11 heteroatoms. The zero-order chi connectivity index (χ0) is 17.3. The largest absolute Gasteiger partial charge is 0.508 e. The van der Waals surface area contributed by atoms with Crippen molar-refractivity contribution in [1.29, 1.82) is 0 Å². The molecule has 1 aromatic carbocycles. The van der Waals surface area contributed by atoms with E-state index in [1.807, 2.05) is 0 Å². The lowest BCUT2D eigenvalue weighted by atomic mass is 10.1. The van der Waals surface area contributed by atoms with Crippen LogP contribution in [0.5, 0.6) is 5.75 Å². The van der Waals surface area contributed by atoms with Crippen LogP contribution in [-0.2, 0) is 4.74 Å². The molecule has 0 aliphatic carbocycles. The van der Waals surface area contributed by atoms with Gasteiger partial charge in [-0.15, -0.1) is 0 Å². The molecule has 1 aromatic rings. The Morgan fingerprint density at radius 1 is 1.14 bits per heavy atom. The minimum absolute atomic E-state index is 0.393. The van der Waals surface area contributed by atoms with Gasteiger partial charge in [-0.05, 0) is 18.2 Å². The standard InChI is InChI=1S/C11H6ClF7O3/c12-7-3-5(20)1-2-6(7)8(21)22-4-9(13,14)10(15,16)11(17,18)19/h1-3,20H,4H2. The van der Waals surface area contributed by atoms with E-state index < -0.39 is 46.9 Å². The number of benzene rings is 1. The third-order valence-corrected chi connectivity index (χ3v) is 2.69. The van der Waals surface area contributed by atoms with Gasteiger partial charge in [0, 0.05) is 0 Å². The second-order valence-electron chi connectivity index (χ2n) is 4.02. The summed E-state index contributed by atoms with van der Waals surface area (Å²) >= 11 is 5.46. The van der Waals surface area contributed by atoms with Crippen LogP contribution in [0.25, 0.3) is 0 Å². The number of phenols is 1. The molecule has 124 valence electrons. The first-order valence-electron chi connectivity index (χ1n) is 5.27.